The molecule has 1 unspecified atom stereocenters. The molecule has 1 fully saturated rings. The summed E-state index contributed by atoms with van der Waals surface area (Å²) in [5.74, 6) is -0.494. The molecule has 0 aromatic heterocycles. The first-order chi connectivity index (χ1) is 10.1. The van der Waals surface area contributed by atoms with Gasteiger partial charge in [0.1, 0.15) is 5.75 Å². The van der Waals surface area contributed by atoms with Crippen LogP contribution in [0.3, 0.4) is 0 Å². The molecule has 1 aliphatic rings. The molecular formula is C16H21NO4. The molecule has 1 aromatic carbocycles. The Morgan fingerprint density at radius 3 is 2.90 bits per heavy atom. The van der Waals surface area contributed by atoms with Crippen LogP contribution in [-0.2, 0) is 16.0 Å². The van der Waals surface area contributed by atoms with Gasteiger partial charge in [0.05, 0.1) is 18.9 Å². The summed E-state index contributed by atoms with van der Waals surface area (Å²) in [6, 6.07) is 7.51. The predicted molar refractivity (Wildman–Crippen MR) is 78.3 cm³/mol. The number of ether oxygens (including phenoxy) is 1. The molecule has 1 aromatic rings. The van der Waals surface area contributed by atoms with E-state index in [1.165, 1.54) is 0 Å². The second kappa shape index (κ2) is 7.11. The number of carbonyl (C=O) groups excluding carboxylic acids is 1. The van der Waals surface area contributed by atoms with Crippen LogP contribution in [0, 0.1) is 5.92 Å². The molecule has 0 saturated carbocycles. The van der Waals surface area contributed by atoms with Crippen molar-refractivity contribution in [2.45, 2.75) is 26.2 Å². The summed E-state index contributed by atoms with van der Waals surface area (Å²) in [7, 11) is 0. The van der Waals surface area contributed by atoms with Gasteiger partial charge in [-0.1, -0.05) is 19.1 Å². The third-order valence-electron chi connectivity index (χ3n) is 3.62. The fraction of sp³-hybridized carbons (Fsp3) is 0.500. The molecule has 1 heterocycles. The Balaban J connectivity index is 1.92. The van der Waals surface area contributed by atoms with Crippen LogP contribution in [0.15, 0.2) is 24.3 Å². The average molecular weight is 291 g/mol. The SMILES string of the molecule is CCCOc1cccc(CC(=O)N2CCC(C(=O)O)C2)c1. The molecule has 1 amide bonds. The van der Waals surface area contributed by atoms with Crippen molar-refractivity contribution >= 4 is 11.9 Å². The molecule has 0 radical (unpaired) electrons. The second-order valence-electron chi connectivity index (χ2n) is 5.34. The summed E-state index contributed by atoms with van der Waals surface area (Å²) in [5.41, 5.74) is 0.896. The van der Waals surface area contributed by atoms with Gasteiger partial charge in [0.2, 0.25) is 5.91 Å². The minimum Gasteiger partial charge on any atom is -0.494 e. The van der Waals surface area contributed by atoms with Crippen molar-refractivity contribution in [2.75, 3.05) is 19.7 Å². The highest BCUT2D eigenvalue weighted by atomic mass is 16.5. The molecule has 1 N–H and O–H groups in total. The number of hydrogen-bond donors (Lipinski definition) is 1. The van der Waals surface area contributed by atoms with Gasteiger partial charge in [0.15, 0.2) is 0 Å². The van der Waals surface area contributed by atoms with Gasteiger partial charge in [-0.15, -0.1) is 0 Å². The van der Waals surface area contributed by atoms with Crippen molar-refractivity contribution in [3.63, 3.8) is 0 Å². The summed E-state index contributed by atoms with van der Waals surface area (Å²) >= 11 is 0. The second-order valence-corrected chi connectivity index (χ2v) is 5.34. The Morgan fingerprint density at radius 2 is 2.24 bits per heavy atom. The molecule has 0 bridgehead atoms. The Hall–Kier alpha value is -2.04. The van der Waals surface area contributed by atoms with E-state index in [1.54, 1.807) is 4.90 Å². The van der Waals surface area contributed by atoms with Crippen molar-refractivity contribution in [1.29, 1.82) is 0 Å². The largest absolute Gasteiger partial charge is 0.494 e. The normalized spacial score (nSPS) is 17.8. The van der Waals surface area contributed by atoms with E-state index in [9.17, 15) is 9.59 Å². The third-order valence-corrected chi connectivity index (χ3v) is 3.62. The molecule has 5 heteroatoms. The maximum absolute atomic E-state index is 12.2. The fourth-order valence-electron chi connectivity index (χ4n) is 2.44. The number of carboxylic acid groups (broad SMARTS) is 1. The molecule has 0 spiro atoms. The molecule has 1 saturated heterocycles. The molecule has 114 valence electrons. The van der Waals surface area contributed by atoms with E-state index >= 15 is 0 Å². The van der Waals surface area contributed by atoms with Crippen molar-refractivity contribution in [3.8, 4) is 5.75 Å². The van der Waals surface area contributed by atoms with Crippen LogP contribution in [0.4, 0.5) is 0 Å². The van der Waals surface area contributed by atoms with E-state index in [1.807, 2.05) is 31.2 Å². The molecule has 5 nitrogen and oxygen atoms in total. The number of carboxylic acids is 1. The van der Waals surface area contributed by atoms with Crippen molar-refractivity contribution in [1.82, 2.24) is 4.90 Å². The summed E-state index contributed by atoms with van der Waals surface area (Å²) < 4.78 is 5.55. The Bertz CT molecular complexity index is 515. The fourth-order valence-corrected chi connectivity index (χ4v) is 2.44. The van der Waals surface area contributed by atoms with Crippen LogP contribution in [0.2, 0.25) is 0 Å². The van der Waals surface area contributed by atoms with Crippen molar-refractivity contribution in [2.24, 2.45) is 5.92 Å². The van der Waals surface area contributed by atoms with Crippen LogP contribution < -0.4 is 4.74 Å². The number of aliphatic carboxylic acids is 1. The minimum absolute atomic E-state index is 0.0219. The first-order valence-corrected chi connectivity index (χ1v) is 7.32. The maximum atomic E-state index is 12.2. The number of carbonyl (C=O) groups is 2. The summed E-state index contributed by atoms with van der Waals surface area (Å²) in [4.78, 5) is 24.8. The van der Waals surface area contributed by atoms with Gasteiger partial charge >= 0.3 is 5.97 Å². The average Bonchev–Trinajstić information content (AvgIpc) is 2.95. The van der Waals surface area contributed by atoms with Crippen molar-refractivity contribution < 1.29 is 19.4 Å². The molecule has 21 heavy (non-hydrogen) atoms. The third kappa shape index (κ3) is 4.21. The zero-order chi connectivity index (χ0) is 15.2. The van der Waals surface area contributed by atoms with Gasteiger partial charge in [0, 0.05) is 13.1 Å². The van der Waals surface area contributed by atoms with Gasteiger partial charge in [-0.3, -0.25) is 9.59 Å². The van der Waals surface area contributed by atoms with E-state index in [0.717, 1.165) is 17.7 Å². The van der Waals surface area contributed by atoms with Gasteiger partial charge in [-0.05, 0) is 30.5 Å². The lowest BCUT2D eigenvalue weighted by Gasteiger charge is -2.16. The van der Waals surface area contributed by atoms with Crippen LogP contribution in [-0.4, -0.2) is 41.6 Å². The van der Waals surface area contributed by atoms with Crippen LogP contribution in [0.25, 0.3) is 0 Å². The smallest absolute Gasteiger partial charge is 0.308 e. The molecule has 2 rings (SSSR count). The number of benzene rings is 1. The van der Waals surface area contributed by atoms with Crippen LogP contribution in [0.1, 0.15) is 25.3 Å². The highest BCUT2D eigenvalue weighted by Crippen LogP contribution is 2.19. The minimum atomic E-state index is -0.819. The van der Waals surface area contributed by atoms with Crippen molar-refractivity contribution in [3.05, 3.63) is 29.8 Å². The van der Waals surface area contributed by atoms with Gasteiger partial charge < -0.3 is 14.7 Å². The summed E-state index contributed by atoms with van der Waals surface area (Å²) in [5, 5.41) is 8.97. The van der Waals surface area contributed by atoms with Gasteiger partial charge in [0.25, 0.3) is 0 Å². The Morgan fingerprint density at radius 1 is 1.43 bits per heavy atom. The lowest BCUT2D eigenvalue weighted by molar-refractivity contribution is -0.141. The van der Waals surface area contributed by atoms with E-state index in [2.05, 4.69) is 0 Å². The molecule has 1 aliphatic heterocycles. The van der Waals surface area contributed by atoms with Crippen LogP contribution >= 0.6 is 0 Å². The number of hydrogen-bond acceptors (Lipinski definition) is 3. The molecule has 0 aliphatic carbocycles. The first-order valence-electron chi connectivity index (χ1n) is 7.32. The van der Waals surface area contributed by atoms with E-state index in [0.29, 0.717) is 26.1 Å². The maximum Gasteiger partial charge on any atom is 0.308 e. The quantitative estimate of drug-likeness (QED) is 0.870. The zero-order valence-electron chi connectivity index (χ0n) is 12.2. The van der Waals surface area contributed by atoms with Crippen LogP contribution in [0.5, 0.6) is 5.75 Å². The highest BCUT2D eigenvalue weighted by Gasteiger charge is 2.30. The number of rotatable bonds is 6. The topological polar surface area (TPSA) is 66.8 Å². The standard InChI is InChI=1S/C16H21NO4/c1-2-8-21-14-5-3-4-12(9-14)10-15(18)17-7-6-13(11-17)16(19)20/h3-5,9,13H,2,6-8,10-11H2,1H3,(H,19,20). The summed E-state index contributed by atoms with van der Waals surface area (Å²) in [6.45, 7) is 3.55. The molecular weight excluding hydrogens is 270 g/mol. The lowest BCUT2D eigenvalue weighted by Crippen LogP contribution is -2.31. The lowest BCUT2D eigenvalue weighted by atomic mass is 10.1. The number of likely N-dealkylation sites (tertiary alicyclic amines) is 1. The van der Waals surface area contributed by atoms with Gasteiger partial charge in [-0.2, -0.15) is 0 Å². The van der Waals surface area contributed by atoms with E-state index in [4.69, 9.17) is 9.84 Å². The monoisotopic (exact) mass is 291 g/mol. The van der Waals surface area contributed by atoms with Gasteiger partial charge in [-0.25, -0.2) is 0 Å². The Labute approximate surface area is 124 Å². The number of amides is 1. The number of nitrogens with zero attached hydrogens (tertiary/aromatic N) is 1. The summed E-state index contributed by atoms with van der Waals surface area (Å²) in [6.07, 6.45) is 1.77. The Kier molecular flexibility index (Phi) is 5.20. The predicted octanol–water partition coefficient (Wildman–Crippen LogP) is 1.95. The highest BCUT2D eigenvalue weighted by molar-refractivity contribution is 5.80. The van der Waals surface area contributed by atoms with E-state index < -0.39 is 11.9 Å². The van der Waals surface area contributed by atoms with E-state index in [-0.39, 0.29) is 12.3 Å². The first kappa shape index (κ1) is 15.4. The zero-order valence-corrected chi connectivity index (χ0v) is 12.2. The molecule has 1 atom stereocenters.